The molecule has 0 spiro atoms. The SMILES string of the molecule is CCCCCCCCCC[N+](CCCC(=O)[O-])(CCCC(=O)O)CCCC(=O)O. The largest absolute Gasteiger partial charge is 0.550 e. The van der Waals surface area contributed by atoms with Gasteiger partial charge in [0.1, 0.15) is 0 Å². The van der Waals surface area contributed by atoms with Crippen LogP contribution in [0.25, 0.3) is 0 Å². The predicted molar refractivity (Wildman–Crippen MR) is 110 cm³/mol. The summed E-state index contributed by atoms with van der Waals surface area (Å²) in [5.41, 5.74) is 0. The fraction of sp³-hybridized carbons (Fsp3) is 0.864. The van der Waals surface area contributed by atoms with Crippen LogP contribution in [0.5, 0.6) is 0 Å². The average Bonchev–Trinajstić information content (AvgIpc) is 2.63. The molecule has 0 heterocycles. The zero-order chi connectivity index (χ0) is 22.0. The fourth-order valence-electron chi connectivity index (χ4n) is 3.94. The van der Waals surface area contributed by atoms with Gasteiger partial charge in [-0.3, -0.25) is 9.59 Å². The quantitative estimate of drug-likeness (QED) is 0.220. The zero-order valence-electron chi connectivity index (χ0n) is 18.2. The highest BCUT2D eigenvalue weighted by molar-refractivity contribution is 5.66. The van der Waals surface area contributed by atoms with Gasteiger partial charge in [0.05, 0.1) is 39.0 Å². The first-order valence-corrected chi connectivity index (χ1v) is 11.3. The van der Waals surface area contributed by atoms with Crippen LogP contribution < -0.4 is 5.11 Å². The van der Waals surface area contributed by atoms with E-state index >= 15 is 0 Å². The van der Waals surface area contributed by atoms with Gasteiger partial charge in [-0.25, -0.2) is 0 Å². The summed E-state index contributed by atoms with van der Waals surface area (Å²) in [7, 11) is 0. The maximum Gasteiger partial charge on any atom is 0.303 e. The predicted octanol–water partition coefficient (Wildman–Crippen LogP) is 3.20. The Morgan fingerprint density at radius 2 is 1.00 bits per heavy atom. The molecule has 0 unspecified atom stereocenters. The Morgan fingerprint density at radius 3 is 1.41 bits per heavy atom. The molecule has 0 amide bonds. The third-order valence-corrected chi connectivity index (χ3v) is 5.55. The Labute approximate surface area is 175 Å². The summed E-state index contributed by atoms with van der Waals surface area (Å²) < 4.78 is 0.615. The van der Waals surface area contributed by atoms with Crippen LogP contribution in [0.4, 0.5) is 0 Å². The lowest BCUT2D eigenvalue weighted by Crippen LogP contribution is -2.51. The summed E-state index contributed by atoms with van der Waals surface area (Å²) >= 11 is 0. The number of aliphatic carboxylic acids is 3. The van der Waals surface area contributed by atoms with Gasteiger partial charge in [0.15, 0.2) is 0 Å². The Hall–Kier alpha value is -1.63. The Morgan fingerprint density at radius 1 is 0.621 bits per heavy atom. The third kappa shape index (κ3) is 17.0. The van der Waals surface area contributed by atoms with Crippen molar-refractivity contribution >= 4 is 17.9 Å². The number of hydrogen-bond donors (Lipinski definition) is 2. The normalized spacial score (nSPS) is 11.5. The molecule has 0 fully saturated rings. The van der Waals surface area contributed by atoms with Crippen molar-refractivity contribution in [2.45, 2.75) is 96.8 Å². The summed E-state index contributed by atoms with van der Waals surface area (Å²) in [5, 5.41) is 28.8. The molecular weight excluding hydrogens is 374 g/mol. The highest BCUT2D eigenvalue weighted by atomic mass is 16.4. The number of nitrogens with zero attached hydrogens (tertiary/aromatic N) is 1. The first-order valence-electron chi connectivity index (χ1n) is 11.3. The van der Waals surface area contributed by atoms with Gasteiger partial charge in [-0.15, -0.1) is 0 Å². The molecule has 29 heavy (non-hydrogen) atoms. The maximum absolute atomic E-state index is 10.9. The van der Waals surface area contributed by atoms with Gasteiger partial charge in [-0.2, -0.15) is 0 Å². The van der Waals surface area contributed by atoms with Crippen molar-refractivity contribution in [3.63, 3.8) is 0 Å². The van der Waals surface area contributed by atoms with E-state index < -0.39 is 17.9 Å². The summed E-state index contributed by atoms with van der Waals surface area (Å²) in [6.07, 6.45) is 11.2. The summed E-state index contributed by atoms with van der Waals surface area (Å²) in [4.78, 5) is 32.7. The van der Waals surface area contributed by atoms with Gasteiger partial charge in [-0.1, -0.05) is 45.4 Å². The van der Waals surface area contributed by atoms with Crippen molar-refractivity contribution in [2.75, 3.05) is 26.2 Å². The first kappa shape index (κ1) is 27.4. The first-order chi connectivity index (χ1) is 13.8. The lowest BCUT2D eigenvalue weighted by Gasteiger charge is -2.39. The van der Waals surface area contributed by atoms with E-state index in [4.69, 9.17) is 10.2 Å². The van der Waals surface area contributed by atoms with Crippen LogP contribution in [-0.4, -0.2) is 58.8 Å². The lowest BCUT2D eigenvalue weighted by molar-refractivity contribution is -0.929. The van der Waals surface area contributed by atoms with E-state index in [1.165, 1.54) is 38.5 Å². The zero-order valence-corrected chi connectivity index (χ0v) is 18.2. The molecule has 0 atom stereocenters. The molecule has 0 saturated carbocycles. The fourth-order valence-corrected chi connectivity index (χ4v) is 3.94. The average molecular weight is 416 g/mol. The van der Waals surface area contributed by atoms with Crippen LogP contribution in [-0.2, 0) is 14.4 Å². The Kier molecular flexibility index (Phi) is 16.3. The molecule has 170 valence electrons. The molecule has 0 aromatic heterocycles. The summed E-state index contributed by atoms with van der Waals surface area (Å²) in [6, 6.07) is 0. The topological polar surface area (TPSA) is 115 Å². The van der Waals surface area contributed by atoms with Crippen LogP contribution in [0.15, 0.2) is 0 Å². The minimum Gasteiger partial charge on any atom is -0.550 e. The minimum absolute atomic E-state index is 0.0186. The van der Waals surface area contributed by atoms with Crippen molar-refractivity contribution in [1.29, 1.82) is 0 Å². The monoisotopic (exact) mass is 415 g/mol. The second-order valence-corrected chi connectivity index (χ2v) is 8.18. The van der Waals surface area contributed by atoms with E-state index in [-0.39, 0.29) is 19.3 Å². The Balaban J connectivity index is 4.73. The van der Waals surface area contributed by atoms with Gasteiger partial charge < -0.3 is 24.6 Å². The van der Waals surface area contributed by atoms with E-state index in [1.54, 1.807) is 0 Å². The second kappa shape index (κ2) is 17.2. The number of hydrogen-bond acceptors (Lipinski definition) is 4. The van der Waals surface area contributed by atoms with Gasteiger partial charge in [0, 0.05) is 25.2 Å². The van der Waals surface area contributed by atoms with Crippen LogP contribution >= 0.6 is 0 Å². The molecule has 0 radical (unpaired) electrons. The molecule has 0 bridgehead atoms. The molecule has 0 aliphatic heterocycles. The van der Waals surface area contributed by atoms with Crippen molar-refractivity contribution in [2.24, 2.45) is 0 Å². The molecule has 0 aromatic rings. The van der Waals surface area contributed by atoms with Crippen molar-refractivity contribution < 1.29 is 34.2 Å². The number of carbonyl (C=O) groups excluding carboxylic acids is 1. The lowest BCUT2D eigenvalue weighted by atomic mass is 10.1. The van der Waals surface area contributed by atoms with Crippen molar-refractivity contribution in [3.8, 4) is 0 Å². The summed E-state index contributed by atoms with van der Waals surface area (Å²) in [6.45, 7) is 4.97. The second-order valence-electron chi connectivity index (χ2n) is 8.18. The van der Waals surface area contributed by atoms with E-state index in [0.29, 0.717) is 43.4 Å². The van der Waals surface area contributed by atoms with E-state index in [1.807, 2.05) is 0 Å². The molecular formula is C22H41NO6. The molecule has 0 aliphatic carbocycles. The minimum atomic E-state index is -1.08. The molecule has 0 rings (SSSR count). The number of carboxylic acid groups (broad SMARTS) is 3. The smallest absolute Gasteiger partial charge is 0.303 e. The van der Waals surface area contributed by atoms with Gasteiger partial charge in [0.25, 0.3) is 0 Å². The molecule has 0 aliphatic rings. The highest BCUT2D eigenvalue weighted by Gasteiger charge is 2.26. The standard InChI is InChI=1S/C22H41NO6/c1-2-3-4-5-6-7-8-9-16-23(17-10-13-20(24)25,18-11-14-21(26)27)19-12-15-22(28)29/h2-19H2,1H3,(H2-,24,25,26,27,28,29). The molecule has 2 N–H and O–H groups in total. The highest BCUT2D eigenvalue weighted by Crippen LogP contribution is 2.18. The third-order valence-electron chi connectivity index (χ3n) is 5.55. The van der Waals surface area contributed by atoms with E-state index in [9.17, 15) is 19.5 Å². The number of unbranched alkanes of at least 4 members (excludes halogenated alkanes) is 7. The van der Waals surface area contributed by atoms with Gasteiger partial charge >= 0.3 is 11.9 Å². The van der Waals surface area contributed by atoms with Gasteiger partial charge in [0.2, 0.25) is 0 Å². The van der Waals surface area contributed by atoms with Crippen LogP contribution in [0.2, 0.25) is 0 Å². The number of carbonyl (C=O) groups is 3. The van der Waals surface area contributed by atoms with Crippen LogP contribution in [0.3, 0.4) is 0 Å². The number of rotatable bonds is 21. The molecule has 7 heteroatoms. The number of carboxylic acids is 3. The number of quaternary nitrogens is 1. The maximum atomic E-state index is 10.9. The van der Waals surface area contributed by atoms with Crippen molar-refractivity contribution in [3.05, 3.63) is 0 Å². The van der Waals surface area contributed by atoms with Crippen LogP contribution in [0.1, 0.15) is 96.8 Å². The van der Waals surface area contributed by atoms with Crippen molar-refractivity contribution in [1.82, 2.24) is 0 Å². The summed E-state index contributed by atoms with van der Waals surface area (Å²) in [5.74, 6) is -2.75. The molecule has 0 saturated heterocycles. The molecule has 0 aromatic carbocycles. The van der Waals surface area contributed by atoms with E-state index in [2.05, 4.69) is 6.92 Å². The van der Waals surface area contributed by atoms with Crippen LogP contribution in [0, 0.1) is 0 Å². The Bertz CT molecular complexity index is 416. The van der Waals surface area contributed by atoms with E-state index in [0.717, 1.165) is 19.4 Å². The molecule has 7 nitrogen and oxygen atoms in total. The van der Waals surface area contributed by atoms with Gasteiger partial charge in [-0.05, 0) is 19.3 Å².